The van der Waals surface area contributed by atoms with E-state index in [1.54, 1.807) is 54.9 Å². The van der Waals surface area contributed by atoms with Crippen LogP contribution in [0.1, 0.15) is 35.2 Å². The lowest BCUT2D eigenvalue weighted by molar-refractivity contribution is -0.140. The zero-order chi connectivity index (χ0) is 24.0. The zero-order valence-corrected chi connectivity index (χ0v) is 19.7. The van der Waals surface area contributed by atoms with E-state index in [0.29, 0.717) is 22.6 Å². The van der Waals surface area contributed by atoms with Gasteiger partial charge in [0.1, 0.15) is 17.6 Å². The van der Waals surface area contributed by atoms with Gasteiger partial charge in [0.15, 0.2) is 0 Å². The van der Waals surface area contributed by atoms with Crippen LogP contribution in [-0.2, 0) is 22.6 Å². The number of halogens is 2. The average molecular weight is 495 g/mol. The van der Waals surface area contributed by atoms with Crippen molar-refractivity contribution in [1.29, 1.82) is 0 Å². The number of hydrogen-bond donors (Lipinski definition) is 1. The van der Waals surface area contributed by atoms with Gasteiger partial charge in [0.25, 0.3) is 11.7 Å². The van der Waals surface area contributed by atoms with E-state index in [9.17, 15) is 14.7 Å². The highest BCUT2D eigenvalue weighted by atomic mass is 35.5. The molecule has 0 spiro atoms. The van der Waals surface area contributed by atoms with Gasteiger partial charge in [0.05, 0.1) is 21.7 Å². The Kier molecular flexibility index (Phi) is 5.80. The molecule has 0 bridgehead atoms. The average Bonchev–Trinajstić information content (AvgIpc) is 3.32. The van der Waals surface area contributed by atoms with Crippen LogP contribution < -0.4 is 4.74 Å². The van der Waals surface area contributed by atoms with Crippen LogP contribution in [0.5, 0.6) is 5.75 Å². The van der Waals surface area contributed by atoms with E-state index >= 15 is 0 Å². The number of aliphatic hydroxyl groups excluding tert-OH is 1. The van der Waals surface area contributed by atoms with Gasteiger partial charge >= 0.3 is 0 Å². The topological polar surface area (TPSA) is 79.7 Å². The maximum atomic E-state index is 13.2. The third-order valence-corrected chi connectivity index (χ3v) is 6.78. The lowest BCUT2D eigenvalue weighted by Crippen LogP contribution is -2.29. The Labute approximate surface area is 206 Å². The van der Waals surface area contributed by atoms with E-state index in [1.807, 2.05) is 13.0 Å². The van der Waals surface area contributed by atoms with Crippen molar-refractivity contribution in [1.82, 2.24) is 9.88 Å². The number of Topliss-reactive ketones (excluding diaryl/α,β-unsaturated/α-hetero) is 1. The highest BCUT2D eigenvalue weighted by Gasteiger charge is 2.46. The molecule has 8 heteroatoms. The van der Waals surface area contributed by atoms with Crippen LogP contribution in [-0.4, -0.2) is 32.8 Å². The monoisotopic (exact) mass is 494 g/mol. The second-order valence-electron chi connectivity index (χ2n) is 8.42. The summed E-state index contributed by atoms with van der Waals surface area (Å²) in [6, 6.07) is 12.9. The number of hydrogen-bond acceptors (Lipinski definition) is 5. The van der Waals surface area contributed by atoms with Gasteiger partial charge in [-0.1, -0.05) is 35.3 Å². The van der Waals surface area contributed by atoms with E-state index in [2.05, 4.69) is 4.98 Å². The summed E-state index contributed by atoms with van der Waals surface area (Å²) in [4.78, 5) is 31.9. The Morgan fingerprint density at radius 3 is 2.71 bits per heavy atom. The van der Waals surface area contributed by atoms with Crippen molar-refractivity contribution in [3.8, 4) is 5.75 Å². The van der Waals surface area contributed by atoms with Crippen molar-refractivity contribution < 1.29 is 19.4 Å². The molecule has 5 rings (SSSR count). The van der Waals surface area contributed by atoms with Crippen LogP contribution >= 0.6 is 23.2 Å². The van der Waals surface area contributed by atoms with Gasteiger partial charge in [-0.05, 0) is 60.0 Å². The van der Waals surface area contributed by atoms with Crippen molar-refractivity contribution >= 4 is 40.7 Å². The fourth-order valence-electron chi connectivity index (χ4n) is 4.49. The van der Waals surface area contributed by atoms with E-state index in [4.69, 9.17) is 27.9 Å². The number of nitrogens with zero attached hydrogens (tertiary/aromatic N) is 2. The molecule has 0 radical (unpaired) electrons. The van der Waals surface area contributed by atoms with E-state index < -0.39 is 17.7 Å². The molecule has 1 N–H and O–H groups in total. The number of likely N-dealkylation sites (tertiary alicyclic amines) is 1. The SMILES string of the molecule is CC1Cc2cc(/C(O)=C3/C(=O)C(=O)N(Cc4cccnc4)C3c3ccc(Cl)c(Cl)c3)ccc2O1. The Morgan fingerprint density at radius 2 is 1.97 bits per heavy atom. The summed E-state index contributed by atoms with van der Waals surface area (Å²) in [6.45, 7) is 2.10. The molecule has 1 amide bonds. The van der Waals surface area contributed by atoms with Crippen molar-refractivity contribution in [3.63, 3.8) is 0 Å². The molecule has 1 aromatic heterocycles. The van der Waals surface area contributed by atoms with Gasteiger partial charge in [-0.15, -0.1) is 0 Å². The van der Waals surface area contributed by atoms with Crippen molar-refractivity contribution in [2.24, 2.45) is 0 Å². The summed E-state index contributed by atoms with van der Waals surface area (Å²) in [5.41, 5.74) is 2.70. The molecule has 34 heavy (non-hydrogen) atoms. The Balaban J connectivity index is 1.65. The van der Waals surface area contributed by atoms with Gasteiger partial charge in [-0.2, -0.15) is 0 Å². The molecule has 3 aromatic rings. The number of aromatic nitrogens is 1. The minimum absolute atomic E-state index is 0.000747. The van der Waals surface area contributed by atoms with Gasteiger partial charge in [-0.3, -0.25) is 14.6 Å². The van der Waals surface area contributed by atoms with Crippen LogP contribution in [0, 0.1) is 0 Å². The number of carbonyl (C=O) groups excluding carboxylic acids is 2. The maximum Gasteiger partial charge on any atom is 0.295 e. The van der Waals surface area contributed by atoms with Gasteiger partial charge in [0.2, 0.25) is 0 Å². The number of amides is 1. The first-order valence-electron chi connectivity index (χ1n) is 10.8. The maximum absolute atomic E-state index is 13.2. The quantitative estimate of drug-likeness (QED) is 0.301. The summed E-state index contributed by atoms with van der Waals surface area (Å²) in [5, 5.41) is 11.9. The summed E-state index contributed by atoms with van der Waals surface area (Å²) < 4.78 is 5.74. The Hall–Kier alpha value is -3.35. The van der Waals surface area contributed by atoms with E-state index in [-0.39, 0.29) is 29.0 Å². The summed E-state index contributed by atoms with van der Waals surface area (Å²) >= 11 is 12.4. The first-order chi connectivity index (χ1) is 16.3. The first-order valence-corrected chi connectivity index (χ1v) is 11.5. The summed E-state index contributed by atoms with van der Waals surface area (Å²) in [5.74, 6) is -0.963. The van der Waals surface area contributed by atoms with Crippen molar-refractivity contribution in [2.75, 3.05) is 0 Å². The highest BCUT2D eigenvalue weighted by Crippen LogP contribution is 2.42. The number of aliphatic hydroxyl groups is 1. The van der Waals surface area contributed by atoms with Crippen LogP contribution in [0.4, 0.5) is 0 Å². The molecular weight excluding hydrogens is 475 g/mol. The van der Waals surface area contributed by atoms with Crippen LogP contribution in [0.25, 0.3) is 5.76 Å². The molecule has 0 aliphatic carbocycles. The summed E-state index contributed by atoms with van der Waals surface area (Å²) in [7, 11) is 0. The number of ether oxygens (including phenoxy) is 1. The smallest absolute Gasteiger partial charge is 0.295 e. The lowest BCUT2D eigenvalue weighted by Gasteiger charge is -2.25. The number of rotatable bonds is 4. The third-order valence-electron chi connectivity index (χ3n) is 6.04. The standard InChI is InChI=1S/C26H20Cl2N2O4/c1-14-9-18-10-17(5-7-21(18)34-14)24(31)22-23(16-4-6-19(27)20(28)11-16)30(26(33)25(22)32)13-15-3-2-8-29-12-15/h2-8,10-12,14,23,31H,9,13H2,1H3/b24-22-. The molecule has 1 fully saturated rings. The summed E-state index contributed by atoms with van der Waals surface area (Å²) in [6.07, 6.45) is 4.00. The predicted molar refractivity (Wildman–Crippen MR) is 129 cm³/mol. The lowest BCUT2D eigenvalue weighted by atomic mass is 9.94. The molecule has 2 aliphatic rings. The number of carbonyl (C=O) groups is 2. The molecule has 2 aliphatic heterocycles. The predicted octanol–water partition coefficient (Wildman–Crippen LogP) is 5.33. The van der Waals surface area contributed by atoms with Gasteiger partial charge in [0, 0.05) is 30.9 Å². The van der Waals surface area contributed by atoms with Crippen LogP contribution in [0.3, 0.4) is 0 Å². The third kappa shape index (κ3) is 3.93. The Morgan fingerprint density at radius 1 is 1.15 bits per heavy atom. The van der Waals surface area contributed by atoms with Gasteiger partial charge < -0.3 is 14.7 Å². The number of benzene rings is 2. The molecule has 0 saturated carbocycles. The largest absolute Gasteiger partial charge is 0.507 e. The second-order valence-corrected chi connectivity index (χ2v) is 9.23. The van der Waals surface area contributed by atoms with E-state index in [0.717, 1.165) is 16.9 Å². The molecule has 3 heterocycles. The fourth-order valence-corrected chi connectivity index (χ4v) is 4.79. The molecule has 6 nitrogen and oxygen atoms in total. The fraction of sp³-hybridized carbons (Fsp3) is 0.192. The molecule has 172 valence electrons. The van der Waals surface area contributed by atoms with Crippen molar-refractivity contribution in [3.05, 3.63) is 98.8 Å². The molecule has 1 saturated heterocycles. The number of fused-ring (bicyclic) bond motifs is 1. The molecule has 2 aromatic carbocycles. The van der Waals surface area contributed by atoms with Crippen LogP contribution in [0.2, 0.25) is 10.0 Å². The second kappa shape index (κ2) is 8.78. The van der Waals surface area contributed by atoms with Crippen LogP contribution in [0.15, 0.2) is 66.5 Å². The molecular formula is C26H20Cl2N2O4. The number of ketones is 1. The minimum Gasteiger partial charge on any atom is -0.507 e. The van der Waals surface area contributed by atoms with E-state index in [1.165, 1.54) is 4.90 Å². The van der Waals surface area contributed by atoms with Gasteiger partial charge in [-0.25, -0.2) is 0 Å². The Bertz CT molecular complexity index is 1340. The minimum atomic E-state index is -0.849. The highest BCUT2D eigenvalue weighted by molar-refractivity contribution is 6.46. The molecule has 2 unspecified atom stereocenters. The normalized spacial score (nSPS) is 21.0. The first kappa shape index (κ1) is 22.4. The van der Waals surface area contributed by atoms with Crippen molar-refractivity contribution in [2.45, 2.75) is 32.0 Å². The molecule has 2 atom stereocenters. The zero-order valence-electron chi connectivity index (χ0n) is 18.2. The number of pyridine rings is 1.